The fourth-order valence-corrected chi connectivity index (χ4v) is 3.96. The monoisotopic (exact) mass is 306 g/mol. The summed E-state index contributed by atoms with van der Waals surface area (Å²) in [6, 6.07) is 21.9. The summed E-state index contributed by atoms with van der Waals surface area (Å²) in [7, 11) is 0. The Balaban J connectivity index is 1.51. The van der Waals surface area contributed by atoms with Gasteiger partial charge in [-0.05, 0) is 61.5 Å². The van der Waals surface area contributed by atoms with Crippen LogP contribution < -0.4 is 0 Å². The van der Waals surface area contributed by atoms with Crippen LogP contribution in [-0.2, 0) is 10.3 Å². The van der Waals surface area contributed by atoms with Gasteiger partial charge < -0.3 is 4.74 Å². The molecule has 0 atom stereocenters. The van der Waals surface area contributed by atoms with Crippen molar-refractivity contribution in [2.75, 3.05) is 6.61 Å². The SMILES string of the molecule is c1ccc(C2CCC(OCC3CC3)(c3ccccc3)CC2)cc1. The van der Waals surface area contributed by atoms with Crippen molar-refractivity contribution in [2.24, 2.45) is 5.92 Å². The second kappa shape index (κ2) is 6.49. The summed E-state index contributed by atoms with van der Waals surface area (Å²) in [6.45, 7) is 0.949. The Morgan fingerprint density at radius 2 is 1.39 bits per heavy atom. The summed E-state index contributed by atoms with van der Waals surface area (Å²) >= 11 is 0. The van der Waals surface area contributed by atoms with Gasteiger partial charge in [-0.25, -0.2) is 0 Å². The van der Waals surface area contributed by atoms with Gasteiger partial charge in [0.1, 0.15) is 0 Å². The van der Waals surface area contributed by atoms with Gasteiger partial charge in [-0.15, -0.1) is 0 Å². The number of hydrogen-bond donors (Lipinski definition) is 0. The standard InChI is InChI=1S/C22H26O/c1-3-7-19(8-4-1)20-13-15-22(16-14-20,23-17-18-11-12-18)21-9-5-2-6-10-21/h1-10,18,20H,11-17H2. The van der Waals surface area contributed by atoms with Crippen molar-refractivity contribution >= 4 is 0 Å². The second-order valence-electron chi connectivity index (χ2n) is 7.30. The fourth-order valence-electron chi connectivity index (χ4n) is 3.96. The zero-order valence-corrected chi connectivity index (χ0v) is 13.8. The molecule has 0 N–H and O–H groups in total. The Kier molecular flexibility index (Phi) is 4.22. The summed E-state index contributed by atoms with van der Waals surface area (Å²) in [5.74, 6) is 1.51. The largest absolute Gasteiger partial charge is 0.370 e. The van der Waals surface area contributed by atoms with Gasteiger partial charge in [0.25, 0.3) is 0 Å². The van der Waals surface area contributed by atoms with Crippen LogP contribution in [0.1, 0.15) is 55.6 Å². The number of benzene rings is 2. The summed E-state index contributed by atoms with van der Waals surface area (Å²) in [4.78, 5) is 0. The molecule has 1 nitrogen and oxygen atoms in total. The maximum Gasteiger partial charge on any atom is 0.0931 e. The molecule has 2 aromatic rings. The van der Waals surface area contributed by atoms with Crippen LogP contribution in [0.25, 0.3) is 0 Å². The normalized spacial score (nSPS) is 27.7. The first-order valence-electron chi connectivity index (χ1n) is 9.10. The van der Waals surface area contributed by atoms with Crippen LogP contribution in [0, 0.1) is 5.92 Å². The minimum atomic E-state index is -0.0465. The minimum absolute atomic E-state index is 0.0465. The number of rotatable bonds is 5. The van der Waals surface area contributed by atoms with E-state index in [1.165, 1.54) is 36.8 Å². The van der Waals surface area contributed by atoms with E-state index < -0.39 is 0 Å². The molecule has 2 saturated carbocycles. The number of ether oxygens (including phenoxy) is 1. The summed E-state index contributed by atoms with van der Waals surface area (Å²) in [6.07, 6.45) is 7.45. The van der Waals surface area contributed by atoms with Crippen LogP contribution in [0.4, 0.5) is 0 Å². The van der Waals surface area contributed by atoms with Gasteiger partial charge in [0, 0.05) is 0 Å². The molecule has 2 aromatic carbocycles. The molecule has 120 valence electrons. The number of hydrogen-bond acceptors (Lipinski definition) is 1. The molecule has 0 aromatic heterocycles. The molecule has 0 heterocycles. The average Bonchev–Trinajstić information content (AvgIpc) is 3.46. The zero-order valence-electron chi connectivity index (χ0n) is 13.8. The first kappa shape index (κ1) is 15.0. The summed E-state index contributed by atoms with van der Waals surface area (Å²) < 4.78 is 6.56. The van der Waals surface area contributed by atoms with Crippen LogP contribution in [-0.4, -0.2) is 6.61 Å². The van der Waals surface area contributed by atoms with Crippen molar-refractivity contribution in [1.29, 1.82) is 0 Å². The third-order valence-corrected chi connectivity index (χ3v) is 5.66. The Hall–Kier alpha value is -1.60. The van der Waals surface area contributed by atoms with Gasteiger partial charge in [0.2, 0.25) is 0 Å². The highest BCUT2D eigenvalue weighted by Crippen LogP contribution is 2.46. The fraction of sp³-hybridized carbons (Fsp3) is 0.455. The second-order valence-corrected chi connectivity index (χ2v) is 7.30. The molecule has 0 aliphatic heterocycles. The third kappa shape index (κ3) is 3.35. The molecule has 0 spiro atoms. The van der Waals surface area contributed by atoms with E-state index in [1.54, 1.807) is 0 Å². The molecule has 2 fully saturated rings. The molecule has 0 unspecified atom stereocenters. The van der Waals surface area contributed by atoms with Crippen LogP contribution in [0.15, 0.2) is 60.7 Å². The van der Waals surface area contributed by atoms with Crippen molar-refractivity contribution in [3.8, 4) is 0 Å². The molecular weight excluding hydrogens is 280 g/mol. The van der Waals surface area contributed by atoms with Crippen molar-refractivity contribution in [2.45, 2.75) is 50.0 Å². The Morgan fingerprint density at radius 3 is 2.00 bits per heavy atom. The highest BCUT2D eigenvalue weighted by molar-refractivity contribution is 5.26. The lowest BCUT2D eigenvalue weighted by Crippen LogP contribution is -2.35. The van der Waals surface area contributed by atoms with Crippen LogP contribution in [0.3, 0.4) is 0 Å². The van der Waals surface area contributed by atoms with E-state index in [1.807, 2.05) is 0 Å². The van der Waals surface area contributed by atoms with Gasteiger partial charge in [-0.3, -0.25) is 0 Å². The maximum absolute atomic E-state index is 6.56. The topological polar surface area (TPSA) is 9.23 Å². The Morgan fingerprint density at radius 1 is 0.783 bits per heavy atom. The zero-order chi connectivity index (χ0) is 15.5. The lowest BCUT2D eigenvalue weighted by atomic mass is 9.73. The molecule has 0 bridgehead atoms. The van der Waals surface area contributed by atoms with E-state index >= 15 is 0 Å². The van der Waals surface area contributed by atoms with Gasteiger partial charge in [0.15, 0.2) is 0 Å². The summed E-state index contributed by atoms with van der Waals surface area (Å²) in [5.41, 5.74) is 2.83. The molecule has 0 amide bonds. The van der Waals surface area contributed by atoms with Crippen molar-refractivity contribution in [3.63, 3.8) is 0 Å². The summed E-state index contributed by atoms with van der Waals surface area (Å²) in [5, 5.41) is 0. The molecule has 1 heteroatoms. The van der Waals surface area contributed by atoms with E-state index in [0.29, 0.717) is 5.92 Å². The lowest BCUT2D eigenvalue weighted by Gasteiger charge is -2.41. The van der Waals surface area contributed by atoms with E-state index in [-0.39, 0.29) is 5.60 Å². The molecule has 4 rings (SSSR count). The minimum Gasteiger partial charge on any atom is -0.370 e. The molecule has 0 saturated heterocycles. The van der Waals surface area contributed by atoms with Crippen molar-refractivity contribution in [1.82, 2.24) is 0 Å². The molecule has 2 aliphatic carbocycles. The first-order chi connectivity index (χ1) is 11.4. The Bertz CT molecular complexity index is 607. The van der Waals surface area contributed by atoms with Gasteiger partial charge in [-0.1, -0.05) is 60.7 Å². The van der Waals surface area contributed by atoms with E-state index in [2.05, 4.69) is 60.7 Å². The van der Waals surface area contributed by atoms with Crippen LogP contribution in [0.2, 0.25) is 0 Å². The predicted molar refractivity (Wildman–Crippen MR) is 94.4 cm³/mol. The molecule has 23 heavy (non-hydrogen) atoms. The van der Waals surface area contributed by atoms with Gasteiger partial charge >= 0.3 is 0 Å². The predicted octanol–water partition coefficient (Wildman–Crippen LogP) is 5.67. The Labute approximate surface area is 139 Å². The van der Waals surface area contributed by atoms with Crippen LogP contribution in [0.5, 0.6) is 0 Å². The quantitative estimate of drug-likeness (QED) is 0.692. The third-order valence-electron chi connectivity index (χ3n) is 5.66. The van der Waals surface area contributed by atoms with Crippen molar-refractivity contribution < 1.29 is 4.74 Å². The first-order valence-corrected chi connectivity index (χ1v) is 9.10. The molecule has 0 radical (unpaired) electrons. The highest BCUT2D eigenvalue weighted by Gasteiger charge is 2.39. The van der Waals surface area contributed by atoms with E-state index in [0.717, 1.165) is 25.4 Å². The van der Waals surface area contributed by atoms with Crippen LogP contribution >= 0.6 is 0 Å². The van der Waals surface area contributed by atoms with Gasteiger partial charge in [-0.2, -0.15) is 0 Å². The highest BCUT2D eigenvalue weighted by atomic mass is 16.5. The maximum atomic E-state index is 6.56. The average molecular weight is 306 g/mol. The lowest BCUT2D eigenvalue weighted by molar-refractivity contribution is -0.0833. The van der Waals surface area contributed by atoms with Crippen molar-refractivity contribution in [3.05, 3.63) is 71.8 Å². The molecular formula is C22H26O. The molecule has 2 aliphatic rings. The van der Waals surface area contributed by atoms with Gasteiger partial charge in [0.05, 0.1) is 12.2 Å². The smallest absolute Gasteiger partial charge is 0.0931 e. The van der Waals surface area contributed by atoms with E-state index in [4.69, 9.17) is 4.74 Å². The van der Waals surface area contributed by atoms with E-state index in [9.17, 15) is 0 Å².